The Morgan fingerprint density at radius 1 is 1.32 bits per heavy atom. The van der Waals surface area contributed by atoms with Gasteiger partial charge in [0.2, 0.25) is 5.88 Å². The lowest BCUT2D eigenvalue weighted by Crippen LogP contribution is -2.36. The molecule has 2 atom stereocenters. The molecule has 2 aromatic rings. The number of fused-ring (bicyclic) bond motifs is 1. The largest absolute Gasteiger partial charge is 0.491 e. The second kappa shape index (κ2) is 6.98. The highest BCUT2D eigenvalue weighted by Crippen LogP contribution is 2.42. The van der Waals surface area contributed by atoms with E-state index >= 15 is 0 Å². The first-order chi connectivity index (χ1) is 12.3. The van der Waals surface area contributed by atoms with Crippen LogP contribution in [0.4, 0.5) is 0 Å². The van der Waals surface area contributed by atoms with E-state index in [0.29, 0.717) is 18.4 Å². The van der Waals surface area contributed by atoms with Gasteiger partial charge in [0.05, 0.1) is 33.1 Å². The van der Waals surface area contributed by atoms with Crippen LogP contribution in [0.15, 0.2) is 42.9 Å². The van der Waals surface area contributed by atoms with Gasteiger partial charge in [-0.3, -0.25) is 9.88 Å². The number of hydrogen-bond donors (Lipinski definition) is 0. The standard InChI is InChI=1S/C19H23N3O3/c1-23-18-15(4-2-7-21-18)9-22-10-16-11-24-13-19(16,12-22)14-25-17-5-3-6-20-8-17/h2-8,16H,9-14H2,1H3/t16-,19+/m1/s1. The Hall–Kier alpha value is -2.18. The Morgan fingerprint density at radius 2 is 2.24 bits per heavy atom. The molecule has 25 heavy (non-hydrogen) atoms. The molecule has 0 aliphatic carbocycles. The summed E-state index contributed by atoms with van der Waals surface area (Å²) in [6.07, 6.45) is 5.28. The van der Waals surface area contributed by atoms with Crippen molar-refractivity contribution in [3.8, 4) is 11.6 Å². The van der Waals surface area contributed by atoms with Crippen LogP contribution in [0, 0.1) is 11.3 Å². The quantitative estimate of drug-likeness (QED) is 0.801. The Morgan fingerprint density at radius 3 is 3.08 bits per heavy atom. The summed E-state index contributed by atoms with van der Waals surface area (Å²) in [6.45, 7) is 5.01. The fourth-order valence-corrected chi connectivity index (χ4v) is 3.90. The minimum absolute atomic E-state index is 0.0469. The summed E-state index contributed by atoms with van der Waals surface area (Å²) in [4.78, 5) is 10.9. The van der Waals surface area contributed by atoms with Gasteiger partial charge in [0.15, 0.2) is 0 Å². The van der Waals surface area contributed by atoms with E-state index in [0.717, 1.165) is 44.2 Å². The molecule has 2 aliphatic heterocycles. The third kappa shape index (κ3) is 3.32. The van der Waals surface area contributed by atoms with Crippen LogP contribution in [0.2, 0.25) is 0 Å². The predicted molar refractivity (Wildman–Crippen MR) is 92.5 cm³/mol. The van der Waals surface area contributed by atoms with E-state index in [1.807, 2.05) is 18.2 Å². The fraction of sp³-hybridized carbons (Fsp3) is 0.474. The van der Waals surface area contributed by atoms with Gasteiger partial charge in [-0.25, -0.2) is 4.98 Å². The zero-order valence-corrected chi connectivity index (χ0v) is 14.4. The van der Waals surface area contributed by atoms with Crippen LogP contribution < -0.4 is 9.47 Å². The van der Waals surface area contributed by atoms with E-state index < -0.39 is 0 Å². The summed E-state index contributed by atoms with van der Waals surface area (Å²) in [5.74, 6) is 2.01. The van der Waals surface area contributed by atoms with Crippen molar-refractivity contribution in [2.24, 2.45) is 11.3 Å². The van der Waals surface area contributed by atoms with Crippen molar-refractivity contribution in [1.29, 1.82) is 0 Å². The number of aromatic nitrogens is 2. The van der Waals surface area contributed by atoms with Crippen LogP contribution >= 0.6 is 0 Å². The van der Waals surface area contributed by atoms with Crippen molar-refractivity contribution in [3.63, 3.8) is 0 Å². The molecule has 4 rings (SSSR count). The molecule has 0 aromatic carbocycles. The number of likely N-dealkylation sites (tertiary alicyclic amines) is 1. The van der Waals surface area contributed by atoms with Crippen LogP contribution in [0.3, 0.4) is 0 Å². The van der Waals surface area contributed by atoms with Crippen molar-refractivity contribution in [2.75, 3.05) is 40.0 Å². The van der Waals surface area contributed by atoms with Gasteiger partial charge >= 0.3 is 0 Å². The van der Waals surface area contributed by atoms with Gasteiger partial charge in [-0.1, -0.05) is 6.07 Å². The Kier molecular flexibility index (Phi) is 4.55. The molecule has 6 heteroatoms. The molecular formula is C19H23N3O3. The Bertz CT molecular complexity index is 712. The van der Waals surface area contributed by atoms with Crippen LogP contribution in [0.1, 0.15) is 5.56 Å². The highest BCUT2D eigenvalue weighted by molar-refractivity contribution is 5.25. The van der Waals surface area contributed by atoms with Gasteiger partial charge < -0.3 is 14.2 Å². The number of pyridine rings is 2. The Labute approximate surface area is 147 Å². The zero-order valence-electron chi connectivity index (χ0n) is 14.4. The molecule has 132 valence electrons. The SMILES string of the molecule is COc1ncccc1CN1C[C@@H]2COC[C@]2(COc2cccnc2)C1. The lowest BCUT2D eigenvalue weighted by atomic mass is 9.82. The minimum atomic E-state index is 0.0469. The summed E-state index contributed by atoms with van der Waals surface area (Å²) in [7, 11) is 1.67. The maximum Gasteiger partial charge on any atom is 0.217 e. The number of methoxy groups -OCH3 is 1. The molecular weight excluding hydrogens is 318 g/mol. The molecule has 0 amide bonds. The number of nitrogens with zero attached hydrogens (tertiary/aromatic N) is 3. The number of ether oxygens (including phenoxy) is 3. The molecule has 0 spiro atoms. The summed E-state index contributed by atoms with van der Waals surface area (Å²) < 4.78 is 17.2. The van der Waals surface area contributed by atoms with Crippen LogP contribution in [-0.2, 0) is 11.3 Å². The number of rotatable bonds is 6. The van der Waals surface area contributed by atoms with Gasteiger partial charge in [0, 0.05) is 48.9 Å². The summed E-state index contributed by atoms with van der Waals surface area (Å²) >= 11 is 0. The zero-order chi connectivity index (χ0) is 17.1. The van der Waals surface area contributed by atoms with E-state index in [1.165, 1.54) is 0 Å². The van der Waals surface area contributed by atoms with Crippen molar-refractivity contribution in [1.82, 2.24) is 14.9 Å². The first kappa shape index (κ1) is 16.3. The smallest absolute Gasteiger partial charge is 0.217 e. The van der Waals surface area contributed by atoms with E-state index in [2.05, 4.69) is 20.9 Å². The second-order valence-corrected chi connectivity index (χ2v) is 6.89. The highest BCUT2D eigenvalue weighted by Gasteiger charge is 2.51. The van der Waals surface area contributed by atoms with Crippen LogP contribution in [-0.4, -0.2) is 54.9 Å². The first-order valence-corrected chi connectivity index (χ1v) is 8.60. The third-order valence-corrected chi connectivity index (χ3v) is 5.19. The van der Waals surface area contributed by atoms with E-state index in [1.54, 1.807) is 25.7 Å². The van der Waals surface area contributed by atoms with Crippen molar-refractivity contribution < 1.29 is 14.2 Å². The maximum atomic E-state index is 6.03. The fourth-order valence-electron chi connectivity index (χ4n) is 3.90. The van der Waals surface area contributed by atoms with Crippen LogP contribution in [0.25, 0.3) is 0 Å². The molecule has 0 radical (unpaired) electrons. The third-order valence-electron chi connectivity index (χ3n) is 5.19. The summed E-state index contributed by atoms with van der Waals surface area (Å²) in [6, 6.07) is 7.88. The van der Waals surface area contributed by atoms with E-state index in [-0.39, 0.29) is 5.41 Å². The van der Waals surface area contributed by atoms with Gasteiger partial charge in [0.1, 0.15) is 5.75 Å². The molecule has 2 aliphatic rings. The molecule has 0 bridgehead atoms. The predicted octanol–water partition coefficient (Wildman–Crippen LogP) is 2.01. The maximum absolute atomic E-state index is 6.03. The lowest BCUT2D eigenvalue weighted by Gasteiger charge is -2.27. The van der Waals surface area contributed by atoms with E-state index in [4.69, 9.17) is 14.2 Å². The number of hydrogen-bond acceptors (Lipinski definition) is 6. The monoisotopic (exact) mass is 341 g/mol. The van der Waals surface area contributed by atoms with Crippen molar-refractivity contribution in [2.45, 2.75) is 6.54 Å². The summed E-state index contributed by atoms with van der Waals surface area (Å²) in [5.41, 5.74) is 1.17. The molecule has 0 unspecified atom stereocenters. The van der Waals surface area contributed by atoms with Crippen LogP contribution in [0.5, 0.6) is 11.6 Å². The normalized spacial score (nSPS) is 25.7. The average Bonchev–Trinajstić information content (AvgIpc) is 3.18. The highest BCUT2D eigenvalue weighted by atomic mass is 16.5. The molecule has 4 heterocycles. The lowest BCUT2D eigenvalue weighted by molar-refractivity contribution is 0.0897. The molecule has 0 saturated carbocycles. The molecule has 6 nitrogen and oxygen atoms in total. The topological polar surface area (TPSA) is 56.7 Å². The first-order valence-electron chi connectivity index (χ1n) is 8.60. The van der Waals surface area contributed by atoms with Gasteiger partial charge in [-0.2, -0.15) is 0 Å². The van der Waals surface area contributed by atoms with Gasteiger partial charge in [-0.05, 0) is 18.2 Å². The van der Waals surface area contributed by atoms with Gasteiger partial charge in [-0.15, -0.1) is 0 Å². The Balaban J connectivity index is 1.44. The average molecular weight is 341 g/mol. The molecule has 2 fully saturated rings. The van der Waals surface area contributed by atoms with Crippen molar-refractivity contribution >= 4 is 0 Å². The summed E-state index contributed by atoms with van der Waals surface area (Å²) in [5, 5.41) is 0. The van der Waals surface area contributed by atoms with E-state index in [9.17, 15) is 0 Å². The van der Waals surface area contributed by atoms with Crippen molar-refractivity contribution in [3.05, 3.63) is 48.4 Å². The molecule has 2 saturated heterocycles. The minimum Gasteiger partial charge on any atom is -0.491 e. The molecule has 2 aromatic heterocycles. The van der Waals surface area contributed by atoms with Gasteiger partial charge in [0.25, 0.3) is 0 Å². The second-order valence-electron chi connectivity index (χ2n) is 6.89. The molecule has 0 N–H and O–H groups in total.